The Morgan fingerprint density at radius 2 is 1.64 bits per heavy atom. The molecule has 0 radical (unpaired) electrons. The third kappa shape index (κ3) is 3.68. The number of rotatable bonds is 5. The van der Waals surface area contributed by atoms with Gasteiger partial charge in [0.1, 0.15) is 5.75 Å². The molecule has 1 aromatic rings. The molecule has 0 spiro atoms. The topological polar surface area (TPSA) is 60.0 Å². The Bertz CT molecular complexity index is 606. The first-order chi connectivity index (χ1) is 12.2. The minimum Gasteiger partial charge on any atom is -0.496 e. The first kappa shape index (κ1) is 17.9. The average molecular weight is 348 g/mol. The number of carbonyl (C=O) groups is 1. The van der Waals surface area contributed by atoms with E-state index in [1.165, 1.54) is 12.8 Å². The minimum atomic E-state index is -0.00404. The van der Waals surface area contributed by atoms with Crippen LogP contribution in [0.4, 0.5) is 0 Å². The molecule has 3 rings (SSSR count). The van der Waals surface area contributed by atoms with Crippen LogP contribution in [-0.2, 0) is 0 Å². The fourth-order valence-electron chi connectivity index (χ4n) is 3.99. The van der Waals surface area contributed by atoms with Gasteiger partial charge >= 0.3 is 0 Å². The van der Waals surface area contributed by atoms with E-state index in [-0.39, 0.29) is 5.91 Å². The molecule has 25 heavy (non-hydrogen) atoms. The zero-order valence-corrected chi connectivity index (χ0v) is 15.3. The number of nitrogens with zero attached hydrogens (tertiary/aromatic N) is 1. The molecule has 6 nitrogen and oxygen atoms in total. The molecule has 2 saturated heterocycles. The monoisotopic (exact) mass is 348 g/mol. The lowest BCUT2D eigenvalue weighted by molar-refractivity contribution is 0.0670. The van der Waals surface area contributed by atoms with Gasteiger partial charge in [-0.15, -0.1) is 0 Å². The van der Waals surface area contributed by atoms with Crippen LogP contribution in [-0.4, -0.2) is 57.8 Å². The number of nitrogens with one attached hydrogen (secondary N) is 1. The summed E-state index contributed by atoms with van der Waals surface area (Å²) in [6, 6.07) is 4.05. The number of carbonyl (C=O) groups excluding carboxylic acids is 1. The molecule has 2 aliphatic rings. The molecule has 0 aromatic heterocycles. The van der Waals surface area contributed by atoms with E-state index in [0.717, 1.165) is 32.5 Å². The molecule has 0 saturated carbocycles. The van der Waals surface area contributed by atoms with Gasteiger partial charge in [0.05, 0.1) is 26.9 Å². The zero-order valence-electron chi connectivity index (χ0n) is 15.3. The zero-order chi connectivity index (χ0) is 17.8. The van der Waals surface area contributed by atoms with E-state index < -0.39 is 0 Å². The number of piperidine rings is 1. The number of hydrogen-bond acceptors (Lipinski definition) is 5. The van der Waals surface area contributed by atoms with Gasteiger partial charge in [-0.25, -0.2) is 0 Å². The molecule has 0 bridgehead atoms. The Labute approximate surface area is 149 Å². The summed E-state index contributed by atoms with van der Waals surface area (Å²) in [5.74, 6) is 2.29. The van der Waals surface area contributed by atoms with Gasteiger partial charge in [0.2, 0.25) is 0 Å². The first-order valence-electron chi connectivity index (χ1n) is 9.00. The van der Waals surface area contributed by atoms with Crippen molar-refractivity contribution < 1.29 is 19.0 Å². The highest BCUT2D eigenvalue weighted by atomic mass is 16.5. The summed E-state index contributed by atoms with van der Waals surface area (Å²) in [7, 11) is 4.70. The molecule has 1 amide bonds. The first-order valence-corrected chi connectivity index (χ1v) is 9.00. The van der Waals surface area contributed by atoms with Crippen molar-refractivity contribution in [1.82, 2.24) is 10.2 Å². The van der Waals surface area contributed by atoms with Crippen LogP contribution in [0, 0.1) is 5.92 Å². The maximum absolute atomic E-state index is 13.0. The highest BCUT2D eigenvalue weighted by Crippen LogP contribution is 2.36. The van der Waals surface area contributed by atoms with Crippen molar-refractivity contribution in [2.24, 2.45) is 5.92 Å². The van der Waals surface area contributed by atoms with Crippen LogP contribution in [0.3, 0.4) is 0 Å². The summed E-state index contributed by atoms with van der Waals surface area (Å²) >= 11 is 0. The van der Waals surface area contributed by atoms with Crippen molar-refractivity contribution >= 4 is 5.91 Å². The van der Waals surface area contributed by atoms with E-state index in [9.17, 15) is 4.79 Å². The second-order valence-electron chi connectivity index (χ2n) is 6.74. The summed E-state index contributed by atoms with van der Waals surface area (Å²) in [5, 5.41) is 3.59. The Balaban J connectivity index is 1.72. The quantitative estimate of drug-likeness (QED) is 0.885. The normalized spacial score (nSPS) is 21.2. The smallest absolute Gasteiger partial charge is 0.257 e. The van der Waals surface area contributed by atoms with Crippen molar-refractivity contribution in [3.63, 3.8) is 0 Å². The van der Waals surface area contributed by atoms with Crippen LogP contribution in [0.1, 0.15) is 36.0 Å². The average Bonchev–Trinajstić information content (AvgIpc) is 3.21. The van der Waals surface area contributed by atoms with E-state index >= 15 is 0 Å². The third-order valence-electron chi connectivity index (χ3n) is 5.43. The number of benzene rings is 1. The Morgan fingerprint density at radius 1 is 1.00 bits per heavy atom. The summed E-state index contributed by atoms with van der Waals surface area (Å²) in [5.41, 5.74) is 0.526. The van der Waals surface area contributed by atoms with Gasteiger partial charge in [-0.05, 0) is 38.1 Å². The molecule has 2 aliphatic heterocycles. The highest BCUT2D eigenvalue weighted by Gasteiger charge is 2.31. The summed E-state index contributed by atoms with van der Waals surface area (Å²) in [6.07, 6.45) is 4.65. The van der Waals surface area contributed by atoms with Gasteiger partial charge in [0.15, 0.2) is 11.5 Å². The van der Waals surface area contributed by atoms with Crippen LogP contribution in [0.5, 0.6) is 17.2 Å². The molecule has 2 heterocycles. The third-order valence-corrected chi connectivity index (χ3v) is 5.43. The predicted octanol–water partition coefficient (Wildman–Crippen LogP) is 2.32. The maximum Gasteiger partial charge on any atom is 0.257 e. The Kier molecular flexibility index (Phi) is 5.68. The number of hydrogen-bond donors (Lipinski definition) is 1. The molecule has 0 aliphatic carbocycles. The summed E-state index contributed by atoms with van der Waals surface area (Å²) < 4.78 is 16.0. The molecular weight excluding hydrogens is 320 g/mol. The van der Waals surface area contributed by atoms with Gasteiger partial charge in [0, 0.05) is 31.3 Å². The largest absolute Gasteiger partial charge is 0.496 e. The van der Waals surface area contributed by atoms with Gasteiger partial charge in [-0.1, -0.05) is 0 Å². The van der Waals surface area contributed by atoms with Crippen molar-refractivity contribution in [2.45, 2.75) is 31.7 Å². The van der Waals surface area contributed by atoms with Gasteiger partial charge in [-0.3, -0.25) is 4.79 Å². The van der Waals surface area contributed by atoms with Crippen molar-refractivity contribution in [3.05, 3.63) is 17.7 Å². The molecule has 1 aromatic carbocycles. The second kappa shape index (κ2) is 7.95. The van der Waals surface area contributed by atoms with E-state index in [0.29, 0.717) is 34.8 Å². The maximum atomic E-state index is 13.0. The van der Waals surface area contributed by atoms with Crippen molar-refractivity contribution in [2.75, 3.05) is 41.0 Å². The molecule has 1 N–H and O–H groups in total. The van der Waals surface area contributed by atoms with Crippen LogP contribution in [0.25, 0.3) is 0 Å². The van der Waals surface area contributed by atoms with Crippen LogP contribution < -0.4 is 19.5 Å². The van der Waals surface area contributed by atoms with Gasteiger partial charge in [-0.2, -0.15) is 0 Å². The standard InChI is InChI=1S/C19H28N2O4/c1-23-16-12-18(25-3)17(24-2)11-14(16)19(22)21-9-6-13(7-10-21)15-5-4-8-20-15/h11-13,15,20H,4-10H2,1-3H3. The van der Waals surface area contributed by atoms with Gasteiger partial charge in [0.25, 0.3) is 5.91 Å². The Morgan fingerprint density at radius 3 is 2.20 bits per heavy atom. The highest BCUT2D eigenvalue weighted by molar-refractivity contribution is 5.98. The van der Waals surface area contributed by atoms with E-state index in [4.69, 9.17) is 14.2 Å². The van der Waals surface area contributed by atoms with E-state index in [1.54, 1.807) is 33.5 Å². The fourth-order valence-corrected chi connectivity index (χ4v) is 3.99. The van der Waals surface area contributed by atoms with Crippen LogP contribution >= 0.6 is 0 Å². The van der Waals surface area contributed by atoms with Crippen LogP contribution in [0.2, 0.25) is 0 Å². The molecule has 1 atom stereocenters. The number of ether oxygens (including phenoxy) is 3. The van der Waals surface area contributed by atoms with Crippen LogP contribution in [0.15, 0.2) is 12.1 Å². The second-order valence-corrected chi connectivity index (χ2v) is 6.74. The molecule has 138 valence electrons. The van der Waals surface area contributed by atoms with Crippen molar-refractivity contribution in [3.8, 4) is 17.2 Å². The molecular formula is C19H28N2O4. The molecule has 1 unspecified atom stereocenters. The predicted molar refractivity (Wildman–Crippen MR) is 95.8 cm³/mol. The Hall–Kier alpha value is -1.95. The minimum absolute atomic E-state index is 0.00404. The fraction of sp³-hybridized carbons (Fsp3) is 0.632. The lowest BCUT2D eigenvalue weighted by atomic mass is 9.88. The molecule has 2 fully saturated rings. The summed E-state index contributed by atoms with van der Waals surface area (Å²) in [6.45, 7) is 2.71. The van der Waals surface area contributed by atoms with Crippen molar-refractivity contribution in [1.29, 1.82) is 0 Å². The number of amides is 1. The lowest BCUT2D eigenvalue weighted by Crippen LogP contribution is -2.43. The summed E-state index contributed by atoms with van der Waals surface area (Å²) in [4.78, 5) is 14.9. The van der Waals surface area contributed by atoms with Gasteiger partial charge < -0.3 is 24.4 Å². The van der Waals surface area contributed by atoms with E-state index in [2.05, 4.69) is 5.32 Å². The lowest BCUT2D eigenvalue weighted by Gasteiger charge is -2.35. The van der Waals surface area contributed by atoms with E-state index in [1.807, 2.05) is 4.90 Å². The number of likely N-dealkylation sites (tertiary alicyclic amines) is 1. The number of methoxy groups -OCH3 is 3. The molecule has 6 heteroatoms. The SMILES string of the molecule is COc1cc(OC)c(C(=O)N2CCC(C3CCCN3)CC2)cc1OC.